The molecule has 0 aromatic carbocycles. The van der Waals surface area contributed by atoms with E-state index in [0.717, 1.165) is 6.42 Å². The third-order valence-corrected chi connectivity index (χ3v) is 4.15. The van der Waals surface area contributed by atoms with E-state index in [9.17, 15) is 9.59 Å². The van der Waals surface area contributed by atoms with Crippen molar-refractivity contribution in [2.24, 2.45) is 11.8 Å². The van der Waals surface area contributed by atoms with Crippen LogP contribution in [-0.4, -0.2) is 54.4 Å². The molecule has 1 saturated heterocycles. The van der Waals surface area contributed by atoms with Crippen molar-refractivity contribution < 1.29 is 19.4 Å². The molecule has 1 heterocycles. The average Bonchev–Trinajstić information content (AvgIpc) is 2.43. The Bertz CT molecular complexity index is 355. The van der Waals surface area contributed by atoms with Crippen molar-refractivity contribution in [2.45, 2.75) is 39.2 Å². The Kier molecular flexibility index (Phi) is 5.80. The quantitative estimate of drug-likeness (QED) is 0.804. The highest BCUT2D eigenvalue weighted by Crippen LogP contribution is 2.22. The maximum Gasteiger partial charge on any atom is 0.317 e. The van der Waals surface area contributed by atoms with E-state index < -0.39 is 11.9 Å². The Balaban J connectivity index is 2.56. The maximum atomic E-state index is 12.2. The van der Waals surface area contributed by atoms with Gasteiger partial charge in [0.05, 0.1) is 11.5 Å². The van der Waals surface area contributed by atoms with Gasteiger partial charge in [-0.25, -0.2) is 4.79 Å². The molecular weight excluding hydrogens is 260 g/mol. The number of nitrogens with zero attached hydrogens (tertiary/aromatic N) is 1. The van der Waals surface area contributed by atoms with Gasteiger partial charge in [0.25, 0.3) is 0 Å². The predicted molar refractivity (Wildman–Crippen MR) is 75.6 cm³/mol. The number of nitrogens with one attached hydrogen (secondary N) is 1. The molecule has 0 saturated carbocycles. The number of likely N-dealkylation sites (tertiary alicyclic amines) is 1. The number of carbonyl (C=O) groups is 2. The SMILES string of the molecule is CCC(C)(CNC(=O)N1CC(C)CC(C(=O)O)C1)OC. The standard InChI is InChI=1S/C14H26N2O4/c1-5-14(3,20-4)9-15-13(19)16-7-10(2)6-11(8-16)12(17)18/h10-11H,5-9H2,1-4H3,(H,15,19)(H,17,18). The molecule has 0 aliphatic carbocycles. The van der Waals surface area contributed by atoms with Gasteiger partial charge in [-0.1, -0.05) is 13.8 Å². The minimum Gasteiger partial charge on any atom is -0.481 e. The molecule has 0 aromatic rings. The number of urea groups is 1. The lowest BCUT2D eigenvalue weighted by atomic mass is 9.91. The van der Waals surface area contributed by atoms with Gasteiger partial charge in [0, 0.05) is 26.7 Å². The van der Waals surface area contributed by atoms with Crippen LogP contribution in [0.3, 0.4) is 0 Å². The molecule has 1 aliphatic rings. The molecule has 6 nitrogen and oxygen atoms in total. The number of piperidine rings is 1. The van der Waals surface area contributed by atoms with Gasteiger partial charge in [0.2, 0.25) is 0 Å². The lowest BCUT2D eigenvalue weighted by Gasteiger charge is -2.35. The molecule has 2 amide bonds. The molecule has 0 radical (unpaired) electrons. The number of ether oxygens (including phenoxy) is 1. The van der Waals surface area contributed by atoms with Crippen molar-refractivity contribution in [3.8, 4) is 0 Å². The fourth-order valence-electron chi connectivity index (χ4n) is 2.41. The summed E-state index contributed by atoms with van der Waals surface area (Å²) in [6.45, 7) is 7.21. The predicted octanol–water partition coefficient (Wildman–Crippen LogP) is 1.55. The number of hydrogen-bond acceptors (Lipinski definition) is 3. The van der Waals surface area contributed by atoms with Crippen LogP contribution in [-0.2, 0) is 9.53 Å². The first-order valence-corrected chi connectivity index (χ1v) is 7.12. The Labute approximate surface area is 120 Å². The fraction of sp³-hybridized carbons (Fsp3) is 0.857. The van der Waals surface area contributed by atoms with Gasteiger partial charge in [-0.15, -0.1) is 0 Å². The normalized spacial score (nSPS) is 25.9. The van der Waals surface area contributed by atoms with E-state index >= 15 is 0 Å². The first-order chi connectivity index (χ1) is 9.31. The van der Waals surface area contributed by atoms with Crippen molar-refractivity contribution in [1.29, 1.82) is 0 Å². The molecule has 0 aromatic heterocycles. The van der Waals surface area contributed by atoms with E-state index in [1.807, 2.05) is 20.8 Å². The van der Waals surface area contributed by atoms with E-state index in [1.165, 1.54) is 0 Å². The van der Waals surface area contributed by atoms with E-state index in [-0.39, 0.29) is 24.1 Å². The summed E-state index contributed by atoms with van der Waals surface area (Å²) in [6.07, 6.45) is 1.42. The Morgan fingerprint density at radius 2 is 2.10 bits per heavy atom. The molecule has 3 atom stereocenters. The van der Waals surface area contributed by atoms with Crippen LogP contribution in [0.1, 0.15) is 33.6 Å². The Morgan fingerprint density at radius 1 is 1.45 bits per heavy atom. The molecule has 2 N–H and O–H groups in total. The molecule has 6 heteroatoms. The summed E-state index contributed by atoms with van der Waals surface area (Å²) >= 11 is 0. The first-order valence-electron chi connectivity index (χ1n) is 7.12. The topological polar surface area (TPSA) is 78.9 Å². The second-order valence-electron chi connectivity index (χ2n) is 5.95. The van der Waals surface area contributed by atoms with Crippen LogP contribution in [0.5, 0.6) is 0 Å². The van der Waals surface area contributed by atoms with Gasteiger partial charge in [0.1, 0.15) is 0 Å². The number of carboxylic acid groups (broad SMARTS) is 1. The summed E-state index contributed by atoms with van der Waals surface area (Å²) in [7, 11) is 1.62. The maximum absolute atomic E-state index is 12.2. The number of aliphatic carboxylic acids is 1. The molecule has 0 bridgehead atoms. The smallest absolute Gasteiger partial charge is 0.317 e. The minimum absolute atomic E-state index is 0.204. The largest absolute Gasteiger partial charge is 0.481 e. The number of rotatable bonds is 5. The highest BCUT2D eigenvalue weighted by Gasteiger charge is 2.32. The number of amides is 2. The number of carboxylic acids is 1. The van der Waals surface area contributed by atoms with Gasteiger partial charge in [-0.05, 0) is 25.7 Å². The highest BCUT2D eigenvalue weighted by atomic mass is 16.5. The minimum atomic E-state index is -0.829. The first kappa shape index (κ1) is 16.8. The number of methoxy groups -OCH3 is 1. The van der Waals surface area contributed by atoms with E-state index in [1.54, 1.807) is 12.0 Å². The molecule has 3 unspecified atom stereocenters. The van der Waals surface area contributed by atoms with Crippen molar-refractivity contribution in [2.75, 3.05) is 26.7 Å². The second-order valence-corrected chi connectivity index (χ2v) is 5.95. The van der Waals surface area contributed by atoms with E-state index in [4.69, 9.17) is 9.84 Å². The van der Waals surface area contributed by atoms with Crippen LogP contribution in [0, 0.1) is 11.8 Å². The summed E-state index contributed by atoms with van der Waals surface area (Å²) in [4.78, 5) is 24.9. The van der Waals surface area contributed by atoms with Gasteiger partial charge >= 0.3 is 12.0 Å². The average molecular weight is 286 g/mol. The lowest BCUT2D eigenvalue weighted by molar-refractivity contribution is -0.143. The number of carbonyl (C=O) groups excluding carboxylic acids is 1. The van der Waals surface area contributed by atoms with Crippen LogP contribution >= 0.6 is 0 Å². The lowest BCUT2D eigenvalue weighted by Crippen LogP contribution is -2.52. The monoisotopic (exact) mass is 286 g/mol. The summed E-state index contributed by atoms with van der Waals surface area (Å²) in [6, 6.07) is -0.209. The zero-order chi connectivity index (χ0) is 15.3. The van der Waals surface area contributed by atoms with Crippen molar-refractivity contribution in [3.05, 3.63) is 0 Å². The number of hydrogen-bond donors (Lipinski definition) is 2. The van der Waals surface area contributed by atoms with Crippen molar-refractivity contribution in [1.82, 2.24) is 10.2 Å². The van der Waals surface area contributed by atoms with E-state index in [2.05, 4.69) is 5.32 Å². The molecule has 20 heavy (non-hydrogen) atoms. The summed E-state index contributed by atoms with van der Waals surface area (Å²) in [5, 5.41) is 12.0. The van der Waals surface area contributed by atoms with Gasteiger partial charge < -0.3 is 20.1 Å². The van der Waals surface area contributed by atoms with Crippen molar-refractivity contribution in [3.63, 3.8) is 0 Å². The Morgan fingerprint density at radius 3 is 2.60 bits per heavy atom. The van der Waals surface area contributed by atoms with Crippen LogP contribution < -0.4 is 5.32 Å². The third-order valence-electron chi connectivity index (χ3n) is 4.15. The van der Waals surface area contributed by atoms with Gasteiger partial charge in [-0.3, -0.25) is 4.79 Å². The van der Waals surface area contributed by atoms with Crippen molar-refractivity contribution >= 4 is 12.0 Å². The molecule has 1 rings (SSSR count). The van der Waals surface area contributed by atoms with Crippen LogP contribution in [0.25, 0.3) is 0 Å². The molecule has 0 spiro atoms. The highest BCUT2D eigenvalue weighted by molar-refractivity contribution is 5.76. The fourth-order valence-corrected chi connectivity index (χ4v) is 2.41. The van der Waals surface area contributed by atoms with Gasteiger partial charge in [-0.2, -0.15) is 0 Å². The summed E-state index contributed by atoms with van der Waals surface area (Å²) < 4.78 is 5.38. The zero-order valence-corrected chi connectivity index (χ0v) is 12.8. The van der Waals surface area contributed by atoms with E-state index in [0.29, 0.717) is 19.5 Å². The molecule has 1 fully saturated rings. The second kappa shape index (κ2) is 6.92. The van der Waals surface area contributed by atoms with Crippen LogP contribution in [0.2, 0.25) is 0 Å². The third kappa shape index (κ3) is 4.37. The Hall–Kier alpha value is -1.30. The van der Waals surface area contributed by atoms with Gasteiger partial charge in [0.15, 0.2) is 0 Å². The zero-order valence-electron chi connectivity index (χ0n) is 12.8. The molecular formula is C14H26N2O4. The molecule has 116 valence electrons. The molecule has 1 aliphatic heterocycles. The van der Waals surface area contributed by atoms with Crippen LogP contribution in [0.4, 0.5) is 4.79 Å². The summed E-state index contributed by atoms with van der Waals surface area (Å²) in [5.74, 6) is -1.09. The summed E-state index contributed by atoms with van der Waals surface area (Å²) in [5.41, 5.74) is -0.386. The van der Waals surface area contributed by atoms with Crippen LogP contribution in [0.15, 0.2) is 0 Å².